The van der Waals surface area contributed by atoms with E-state index in [2.05, 4.69) is 0 Å². The number of amides is 3. The van der Waals surface area contributed by atoms with Crippen molar-refractivity contribution < 1.29 is 33.1 Å². The zero-order valence-electron chi connectivity index (χ0n) is 17.9. The largest absolute Gasteiger partial charge is 0.462 e. The molecule has 2 aromatic rings. The predicted molar refractivity (Wildman–Crippen MR) is 120 cm³/mol. The van der Waals surface area contributed by atoms with Gasteiger partial charge in [0.1, 0.15) is 18.1 Å². The summed E-state index contributed by atoms with van der Waals surface area (Å²) in [5.41, 5.74) is 1.18. The Morgan fingerprint density at radius 1 is 1.09 bits per heavy atom. The van der Waals surface area contributed by atoms with Crippen molar-refractivity contribution in [3.8, 4) is 11.3 Å². The Hall–Kier alpha value is -3.37. The topological polar surface area (TPSA) is 106 Å². The lowest BCUT2D eigenvalue weighted by Crippen LogP contribution is -2.46. The molecule has 172 valence electrons. The molecule has 0 spiro atoms. The summed E-state index contributed by atoms with van der Waals surface area (Å²) in [6, 6.07) is 10.2. The van der Waals surface area contributed by atoms with E-state index < -0.39 is 17.1 Å². The maximum Gasteiger partial charge on any atom is 0.338 e. The van der Waals surface area contributed by atoms with E-state index in [1.807, 2.05) is 0 Å². The molecule has 4 rings (SSSR count). The molecule has 1 aromatic carbocycles. The highest BCUT2D eigenvalue weighted by Gasteiger charge is 2.37. The maximum absolute atomic E-state index is 12.7. The van der Waals surface area contributed by atoms with Gasteiger partial charge in [-0.05, 0) is 43.0 Å². The minimum atomic E-state index is -0.525. The number of furan rings is 1. The van der Waals surface area contributed by atoms with Crippen LogP contribution < -0.4 is 0 Å². The minimum absolute atomic E-state index is 0.188. The van der Waals surface area contributed by atoms with E-state index in [4.69, 9.17) is 13.9 Å². The molecule has 0 saturated carbocycles. The summed E-state index contributed by atoms with van der Waals surface area (Å²) in [6.45, 7) is 3.53. The molecule has 2 aliphatic heterocycles. The molecule has 33 heavy (non-hydrogen) atoms. The van der Waals surface area contributed by atoms with Gasteiger partial charge in [0.2, 0.25) is 5.91 Å². The lowest BCUT2D eigenvalue weighted by Gasteiger charge is -2.27. The first kappa shape index (κ1) is 22.8. The van der Waals surface area contributed by atoms with Gasteiger partial charge in [-0.2, -0.15) is 0 Å². The quantitative estimate of drug-likeness (QED) is 0.469. The number of carbonyl (C=O) groups excluding carboxylic acids is 4. The number of rotatable bonds is 6. The highest BCUT2D eigenvalue weighted by molar-refractivity contribution is 8.18. The van der Waals surface area contributed by atoms with Gasteiger partial charge in [0.15, 0.2) is 0 Å². The smallest absolute Gasteiger partial charge is 0.338 e. The van der Waals surface area contributed by atoms with Gasteiger partial charge in [-0.25, -0.2) is 4.79 Å². The van der Waals surface area contributed by atoms with Gasteiger partial charge in [-0.3, -0.25) is 19.3 Å². The van der Waals surface area contributed by atoms with Crippen molar-refractivity contribution in [2.75, 3.05) is 39.5 Å². The number of ether oxygens (including phenoxy) is 2. The van der Waals surface area contributed by atoms with Crippen molar-refractivity contribution in [2.24, 2.45) is 0 Å². The molecule has 2 aliphatic rings. The van der Waals surface area contributed by atoms with Crippen molar-refractivity contribution in [2.45, 2.75) is 6.92 Å². The molecule has 0 atom stereocenters. The first-order valence-electron chi connectivity index (χ1n) is 10.4. The van der Waals surface area contributed by atoms with Crippen LogP contribution in [0.5, 0.6) is 0 Å². The molecule has 0 aliphatic carbocycles. The van der Waals surface area contributed by atoms with Crippen LogP contribution in [0.3, 0.4) is 0 Å². The summed E-state index contributed by atoms with van der Waals surface area (Å²) >= 11 is 0.772. The highest BCUT2D eigenvalue weighted by Crippen LogP contribution is 2.33. The summed E-state index contributed by atoms with van der Waals surface area (Å²) in [5, 5.41) is -0.491. The second-order valence-electron chi connectivity index (χ2n) is 7.26. The zero-order valence-corrected chi connectivity index (χ0v) is 18.8. The van der Waals surface area contributed by atoms with Crippen LogP contribution in [0.4, 0.5) is 4.79 Å². The lowest BCUT2D eigenvalue weighted by molar-refractivity contribution is -0.139. The zero-order chi connectivity index (χ0) is 23.4. The van der Waals surface area contributed by atoms with Crippen LogP contribution in [0.25, 0.3) is 17.4 Å². The molecule has 0 N–H and O–H groups in total. The van der Waals surface area contributed by atoms with Gasteiger partial charge in [0, 0.05) is 24.7 Å². The summed E-state index contributed by atoms with van der Waals surface area (Å²) in [6.07, 6.45) is 1.49. The van der Waals surface area contributed by atoms with Crippen LogP contribution in [-0.2, 0) is 19.1 Å². The molecule has 0 bridgehead atoms. The fraction of sp³-hybridized carbons (Fsp3) is 0.304. The van der Waals surface area contributed by atoms with E-state index in [1.54, 1.807) is 48.2 Å². The second kappa shape index (κ2) is 10.1. The number of hydrogen-bond donors (Lipinski definition) is 0. The van der Waals surface area contributed by atoms with E-state index in [1.165, 1.54) is 6.08 Å². The number of morpholine rings is 1. The summed E-state index contributed by atoms with van der Waals surface area (Å²) in [5.74, 6) is -0.272. The van der Waals surface area contributed by atoms with Gasteiger partial charge < -0.3 is 18.8 Å². The number of benzene rings is 1. The van der Waals surface area contributed by atoms with E-state index in [9.17, 15) is 19.2 Å². The Morgan fingerprint density at radius 2 is 1.82 bits per heavy atom. The Labute approximate surface area is 194 Å². The highest BCUT2D eigenvalue weighted by atomic mass is 32.2. The van der Waals surface area contributed by atoms with Crippen LogP contribution in [-0.4, -0.2) is 72.3 Å². The fourth-order valence-corrected chi connectivity index (χ4v) is 4.20. The van der Waals surface area contributed by atoms with Crippen molar-refractivity contribution in [1.29, 1.82) is 0 Å². The van der Waals surface area contributed by atoms with Crippen molar-refractivity contribution >= 4 is 40.9 Å². The second-order valence-corrected chi connectivity index (χ2v) is 8.25. The Morgan fingerprint density at radius 3 is 2.52 bits per heavy atom. The Kier molecular flexibility index (Phi) is 6.95. The van der Waals surface area contributed by atoms with Crippen LogP contribution in [0.15, 0.2) is 45.7 Å². The van der Waals surface area contributed by atoms with Crippen molar-refractivity contribution in [3.63, 3.8) is 0 Å². The SMILES string of the molecule is CCOC(=O)c1ccc(-c2ccc(/C=C3\SC(=O)N(CC(=O)N4CCOCC4)C3=O)o2)cc1. The molecule has 2 saturated heterocycles. The third kappa shape index (κ3) is 5.18. The molecule has 0 radical (unpaired) electrons. The van der Waals surface area contributed by atoms with Crippen LogP contribution in [0.2, 0.25) is 0 Å². The summed E-state index contributed by atoms with van der Waals surface area (Å²) < 4.78 is 16.0. The monoisotopic (exact) mass is 470 g/mol. The average molecular weight is 471 g/mol. The van der Waals surface area contributed by atoms with Crippen LogP contribution in [0.1, 0.15) is 23.0 Å². The average Bonchev–Trinajstić information content (AvgIpc) is 3.40. The summed E-state index contributed by atoms with van der Waals surface area (Å²) in [7, 11) is 0. The molecule has 2 fully saturated rings. The normalized spacial score (nSPS) is 17.7. The standard InChI is InChI=1S/C23H22N2O7S/c1-2-31-22(28)16-5-3-15(4-6-16)18-8-7-17(32-18)13-19-21(27)25(23(29)33-19)14-20(26)24-9-11-30-12-10-24/h3-8,13H,2,9-12,14H2,1H3/b19-13-. The number of nitrogens with zero attached hydrogens (tertiary/aromatic N) is 2. The first-order valence-corrected chi connectivity index (χ1v) is 11.3. The van der Waals surface area contributed by atoms with Gasteiger partial charge in [-0.1, -0.05) is 12.1 Å². The lowest BCUT2D eigenvalue weighted by atomic mass is 10.1. The molecular weight excluding hydrogens is 448 g/mol. The van der Waals surface area contributed by atoms with Gasteiger partial charge in [-0.15, -0.1) is 0 Å². The maximum atomic E-state index is 12.7. The molecule has 3 amide bonds. The van der Waals surface area contributed by atoms with E-state index in [0.717, 1.165) is 22.2 Å². The van der Waals surface area contributed by atoms with Gasteiger partial charge >= 0.3 is 5.97 Å². The molecular formula is C23H22N2O7S. The minimum Gasteiger partial charge on any atom is -0.462 e. The number of thioether (sulfide) groups is 1. The van der Waals surface area contributed by atoms with Gasteiger partial charge in [0.05, 0.1) is 30.3 Å². The van der Waals surface area contributed by atoms with Crippen molar-refractivity contribution in [3.05, 3.63) is 52.6 Å². The third-order valence-corrected chi connectivity index (χ3v) is 6.02. The number of imide groups is 1. The molecule has 3 heterocycles. The first-order chi connectivity index (χ1) is 16.0. The fourth-order valence-electron chi connectivity index (χ4n) is 3.38. The van der Waals surface area contributed by atoms with E-state index in [0.29, 0.717) is 50.0 Å². The third-order valence-electron chi connectivity index (χ3n) is 5.11. The number of carbonyl (C=O) groups is 4. The van der Waals surface area contributed by atoms with Gasteiger partial charge in [0.25, 0.3) is 11.1 Å². The Bertz CT molecular complexity index is 1100. The predicted octanol–water partition coefficient (Wildman–Crippen LogP) is 3.02. The number of esters is 1. The molecule has 9 nitrogen and oxygen atoms in total. The van der Waals surface area contributed by atoms with Crippen molar-refractivity contribution in [1.82, 2.24) is 9.80 Å². The summed E-state index contributed by atoms with van der Waals surface area (Å²) in [4.78, 5) is 52.0. The number of hydrogen-bond acceptors (Lipinski definition) is 8. The van der Waals surface area contributed by atoms with Crippen LogP contribution >= 0.6 is 11.8 Å². The van der Waals surface area contributed by atoms with Crippen LogP contribution in [0, 0.1) is 0 Å². The molecule has 1 aromatic heterocycles. The molecule has 0 unspecified atom stereocenters. The van der Waals surface area contributed by atoms with E-state index >= 15 is 0 Å². The Balaban J connectivity index is 1.43. The van der Waals surface area contributed by atoms with E-state index in [-0.39, 0.29) is 17.4 Å². The molecule has 10 heteroatoms.